The topological polar surface area (TPSA) is 87.5 Å². The fraction of sp³-hybridized carbons (Fsp3) is 0.273. The van der Waals surface area contributed by atoms with Crippen LogP contribution in [0, 0.1) is 0 Å². The summed E-state index contributed by atoms with van der Waals surface area (Å²) in [6, 6.07) is 15.9. The molecule has 3 aromatic rings. The molecule has 0 spiro atoms. The van der Waals surface area contributed by atoms with E-state index in [0.717, 1.165) is 25.3 Å². The fourth-order valence-corrected chi connectivity index (χ4v) is 5.00. The number of hydrogen-bond donors (Lipinski definition) is 1. The number of carbonyl (C=O) groups is 1. The van der Waals surface area contributed by atoms with Gasteiger partial charge >= 0.3 is 0 Å². The third-order valence-corrected chi connectivity index (χ3v) is 7.27. The van der Waals surface area contributed by atoms with Gasteiger partial charge in [-0.3, -0.25) is 4.79 Å². The van der Waals surface area contributed by atoms with Gasteiger partial charge in [-0.25, -0.2) is 13.1 Å². The van der Waals surface area contributed by atoms with Crippen LogP contribution in [-0.4, -0.2) is 66.0 Å². The number of para-hydroxylation sites is 1. The third-order valence-electron chi connectivity index (χ3n) is 5.37. The Morgan fingerprint density at radius 2 is 1.77 bits per heavy atom. The average Bonchev–Trinajstić information content (AvgIpc) is 3.30. The molecule has 1 saturated heterocycles. The SMILES string of the molecule is CCN1CCN(S(=O)(=O)c2cccc(NC(=O)c3cnn(-c4ccccc4)c3)c2)CC1. The molecule has 0 saturated carbocycles. The summed E-state index contributed by atoms with van der Waals surface area (Å²) in [6.45, 7) is 5.35. The van der Waals surface area contributed by atoms with E-state index in [2.05, 4.69) is 22.2 Å². The number of benzene rings is 2. The molecular weight excluding hydrogens is 414 g/mol. The number of anilines is 1. The predicted molar refractivity (Wildman–Crippen MR) is 119 cm³/mol. The number of aromatic nitrogens is 2. The van der Waals surface area contributed by atoms with Crippen molar-refractivity contribution in [3.8, 4) is 5.69 Å². The first-order chi connectivity index (χ1) is 15.0. The van der Waals surface area contributed by atoms with Crippen molar-refractivity contribution in [2.75, 3.05) is 38.0 Å². The summed E-state index contributed by atoms with van der Waals surface area (Å²) in [5, 5.41) is 7.00. The molecule has 1 N–H and O–H groups in total. The standard InChI is InChI=1S/C22H25N5O3S/c1-2-25-11-13-26(14-12-25)31(29,30)21-10-6-7-19(15-21)24-22(28)18-16-23-27(17-18)20-8-4-3-5-9-20/h3-10,15-17H,2,11-14H2,1H3,(H,24,28). The molecule has 0 bridgehead atoms. The lowest BCUT2D eigenvalue weighted by atomic mass is 10.3. The summed E-state index contributed by atoms with van der Waals surface area (Å²) in [6.07, 6.45) is 3.12. The van der Waals surface area contributed by atoms with E-state index in [1.165, 1.54) is 16.6 Å². The van der Waals surface area contributed by atoms with Crippen LogP contribution in [0.3, 0.4) is 0 Å². The van der Waals surface area contributed by atoms with Crippen molar-refractivity contribution in [1.82, 2.24) is 19.0 Å². The Morgan fingerprint density at radius 1 is 1.03 bits per heavy atom. The zero-order valence-corrected chi connectivity index (χ0v) is 18.1. The van der Waals surface area contributed by atoms with Crippen LogP contribution in [0.4, 0.5) is 5.69 Å². The average molecular weight is 440 g/mol. The summed E-state index contributed by atoms with van der Waals surface area (Å²) >= 11 is 0. The van der Waals surface area contributed by atoms with E-state index in [4.69, 9.17) is 0 Å². The largest absolute Gasteiger partial charge is 0.322 e. The Balaban J connectivity index is 1.47. The minimum atomic E-state index is -3.61. The number of likely N-dealkylation sites (N-methyl/N-ethyl adjacent to an activating group) is 1. The maximum Gasteiger partial charge on any atom is 0.258 e. The van der Waals surface area contributed by atoms with E-state index in [1.54, 1.807) is 29.1 Å². The number of piperazine rings is 1. The molecule has 1 fully saturated rings. The molecule has 8 nitrogen and oxygen atoms in total. The Morgan fingerprint density at radius 3 is 2.48 bits per heavy atom. The van der Waals surface area contributed by atoms with Gasteiger partial charge in [0.15, 0.2) is 0 Å². The molecule has 2 aromatic carbocycles. The summed E-state index contributed by atoms with van der Waals surface area (Å²) in [4.78, 5) is 15.1. The third kappa shape index (κ3) is 4.68. The molecule has 0 atom stereocenters. The zero-order chi connectivity index (χ0) is 21.8. The van der Waals surface area contributed by atoms with Crippen molar-refractivity contribution in [2.24, 2.45) is 0 Å². The molecule has 0 radical (unpaired) electrons. The molecular formula is C22H25N5O3S. The highest BCUT2D eigenvalue weighted by Gasteiger charge is 2.28. The van der Waals surface area contributed by atoms with Crippen LogP contribution >= 0.6 is 0 Å². The van der Waals surface area contributed by atoms with Crippen LogP contribution < -0.4 is 5.32 Å². The predicted octanol–water partition coefficient (Wildman–Crippen LogP) is 2.45. The number of nitrogens with one attached hydrogen (secondary N) is 1. The van der Waals surface area contributed by atoms with E-state index >= 15 is 0 Å². The van der Waals surface area contributed by atoms with Crippen LogP contribution in [0.1, 0.15) is 17.3 Å². The molecule has 9 heteroatoms. The summed E-state index contributed by atoms with van der Waals surface area (Å²) in [7, 11) is -3.61. The fourth-order valence-electron chi connectivity index (χ4n) is 3.53. The highest BCUT2D eigenvalue weighted by Crippen LogP contribution is 2.21. The van der Waals surface area contributed by atoms with Crippen molar-refractivity contribution in [3.63, 3.8) is 0 Å². The minimum absolute atomic E-state index is 0.176. The van der Waals surface area contributed by atoms with Gasteiger partial charge in [-0.05, 0) is 36.9 Å². The lowest BCUT2D eigenvalue weighted by Crippen LogP contribution is -2.48. The smallest absolute Gasteiger partial charge is 0.258 e. The van der Waals surface area contributed by atoms with Crippen molar-refractivity contribution < 1.29 is 13.2 Å². The Hall–Kier alpha value is -3.01. The van der Waals surface area contributed by atoms with E-state index < -0.39 is 10.0 Å². The van der Waals surface area contributed by atoms with Gasteiger partial charge in [0.05, 0.1) is 22.3 Å². The van der Waals surface area contributed by atoms with Gasteiger partial charge in [0.25, 0.3) is 5.91 Å². The normalized spacial score (nSPS) is 15.6. The molecule has 1 aromatic heterocycles. The van der Waals surface area contributed by atoms with Crippen LogP contribution in [0.25, 0.3) is 5.69 Å². The minimum Gasteiger partial charge on any atom is -0.322 e. The van der Waals surface area contributed by atoms with Crippen molar-refractivity contribution in [1.29, 1.82) is 0 Å². The van der Waals surface area contributed by atoms with E-state index in [9.17, 15) is 13.2 Å². The number of amides is 1. The molecule has 31 heavy (non-hydrogen) atoms. The van der Waals surface area contributed by atoms with E-state index in [0.29, 0.717) is 24.3 Å². The summed E-state index contributed by atoms with van der Waals surface area (Å²) in [5.74, 6) is -0.353. The molecule has 162 valence electrons. The highest BCUT2D eigenvalue weighted by molar-refractivity contribution is 7.89. The maximum atomic E-state index is 13.0. The van der Waals surface area contributed by atoms with Crippen molar-refractivity contribution >= 4 is 21.6 Å². The van der Waals surface area contributed by atoms with Gasteiger partial charge in [0.1, 0.15) is 0 Å². The first kappa shape index (κ1) is 21.2. The second-order valence-electron chi connectivity index (χ2n) is 7.33. The number of rotatable bonds is 6. The summed E-state index contributed by atoms with van der Waals surface area (Å²) < 4.78 is 29.2. The van der Waals surface area contributed by atoms with Crippen molar-refractivity contribution in [2.45, 2.75) is 11.8 Å². The second-order valence-corrected chi connectivity index (χ2v) is 9.27. The maximum absolute atomic E-state index is 13.0. The lowest BCUT2D eigenvalue weighted by molar-refractivity contribution is 0.102. The molecule has 0 unspecified atom stereocenters. The number of sulfonamides is 1. The Bertz CT molecular complexity index is 1150. The van der Waals surface area contributed by atoms with Crippen molar-refractivity contribution in [3.05, 3.63) is 72.6 Å². The van der Waals surface area contributed by atoms with Gasteiger partial charge < -0.3 is 10.2 Å². The molecule has 0 aliphatic carbocycles. The van der Waals surface area contributed by atoms with Gasteiger partial charge in [-0.2, -0.15) is 9.40 Å². The van der Waals surface area contributed by atoms with Gasteiger partial charge in [-0.1, -0.05) is 31.2 Å². The molecule has 1 amide bonds. The van der Waals surface area contributed by atoms with Crippen LogP contribution in [0.5, 0.6) is 0 Å². The van der Waals surface area contributed by atoms with Gasteiger partial charge in [0.2, 0.25) is 10.0 Å². The summed E-state index contributed by atoms with van der Waals surface area (Å²) in [5.41, 5.74) is 1.65. The quantitative estimate of drug-likeness (QED) is 0.638. The van der Waals surface area contributed by atoms with Gasteiger partial charge in [-0.15, -0.1) is 0 Å². The van der Waals surface area contributed by atoms with Gasteiger partial charge in [0, 0.05) is 38.1 Å². The highest BCUT2D eigenvalue weighted by atomic mass is 32.2. The number of nitrogens with zero attached hydrogens (tertiary/aromatic N) is 4. The lowest BCUT2D eigenvalue weighted by Gasteiger charge is -2.33. The van der Waals surface area contributed by atoms with Crippen LogP contribution in [0.2, 0.25) is 0 Å². The number of carbonyl (C=O) groups excluding carboxylic acids is 1. The van der Waals surface area contributed by atoms with Crippen LogP contribution in [0.15, 0.2) is 71.9 Å². The number of hydrogen-bond acceptors (Lipinski definition) is 5. The molecule has 4 rings (SSSR count). The Kier molecular flexibility index (Phi) is 6.17. The molecule has 1 aliphatic heterocycles. The first-order valence-corrected chi connectivity index (χ1v) is 11.7. The zero-order valence-electron chi connectivity index (χ0n) is 17.3. The molecule has 1 aliphatic rings. The first-order valence-electron chi connectivity index (χ1n) is 10.2. The second kappa shape index (κ2) is 9.01. The van der Waals surface area contributed by atoms with Crippen LogP contribution in [-0.2, 0) is 10.0 Å². The van der Waals surface area contributed by atoms with E-state index in [-0.39, 0.29) is 10.8 Å². The monoisotopic (exact) mass is 439 g/mol. The molecule has 2 heterocycles. The van der Waals surface area contributed by atoms with E-state index in [1.807, 2.05) is 30.3 Å². The Labute approximate surface area is 182 Å².